The van der Waals surface area contributed by atoms with Crippen molar-refractivity contribution in [2.45, 2.75) is 18.1 Å². The molecule has 2 nitrogen and oxygen atoms in total. The number of hydrogen-bond donors (Lipinski definition) is 1. The van der Waals surface area contributed by atoms with E-state index in [1.165, 1.54) is 12.8 Å². The van der Waals surface area contributed by atoms with E-state index in [0.29, 0.717) is 5.11 Å². The first-order chi connectivity index (χ1) is 5.24. The molecule has 1 rings (SSSR count). The van der Waals surface area contributed by atoms with Gasteiger partial charge in [-0.1, -0.05) is 0 Å². The van der Waals surface area contributed by atoms with Crippen LogP contribution in [0, 0.1) is 0 Å². The second-order valence-electron chi connectivity index (χ2n) is 2.78. The molecule has 1 atom stereocenters. The van der Waals surface area contributed by atoms with Gasteiger partial charge in [0.05, 0.1) is 0 Å². The Morgan fingerprint density at radius 3 is 3.00 bits per heavy atom. The zero-order valence-electron chi connectivity index (χ0n) is 6.75. The van der Waals surface area contributed by atoms with Crippen molar-refractivity contribution in [2.24, 2.45) is 5.73 Å². The van der Waals surface area contributed by atoms with Crippen LogP contribution < -0.4 is 5.73 Å². The van der Waals surface area contributed by atoms with Crippen molar-refractivity contribution < 1.29 is 0 Å². The maximum absolute atomic E-state index is 5.53. The molecule has 0 spiro atoms. The van der Waals surface area contributed by atoms with E-state index in [2.05, 4.69) is 11.2 Å². The molecule has 11 heavy (non-hydrogen) atoms. The number of likely N-dealkylation sites (tertiary alicyclic amines) is 1. The second kappa shape index (κ2) is 4.16. The lowest BCUT2D eigenvalue weighted by Gasteiger charge is -2.32. The highest BCUT2D eigenvalue weighted by Crippen LogP contribution is 2.19. The summed E-state index contributed by atoms with van der Waals surface area (Å²) in [6, 6.07) is 0. The van der Waals surface area contributed by atoms with Crippen LogP contribution in [0.3, 0.4) is 0 Å². The summed E-state index contributed by atoms with van der Waals surface area (Å²) >= 11 is 6.82. The molecule has 0 aromatic carbocycles. The number of thioether (sulfide) groups is 1. The third-order valence-corrected chi connectivity index (χ3v) is 3.33. The lowest BCUT2D eigenvalue weighted by molar-refractivity contribution is 0.352. The quantitative estimate of drug-likeness (QED) is 0.626. The van der Waals surface area contributed by atoms with Crippen LogP contribution in [-0.4, -0.2) is 34.6 Å². The molecule has 0 aromatic heterocycles. The monoisotopic (exact) mass is 190 g/mol. The van der Waals surface area contributed by atoms with Crippen molar-refractivity contribution in [1.29, 1.82) is 0 Å². The minimum atomic E-state index is 0.559. The molecular weight excluding hydrogens is 176 g/mol. The average Bonchev–Trinajstić information content (AvgIpc) is 2.05. The largest absolute Gasteiger partial charge is 0.376 e. The maximum atomic E-state index is 5.53. The molecule has 0 radical (unpaired) electrons. The Morgan fingerprint density at radius 1 is 1.73 bits per heavy atom. The zero-order chi connectivity index (χ0) is 8.27. The maximum Gasteiger partial charge on any atom is 0.166 e. The predicted octanol–water partition coefficient (Wildman–Crippen LogP) is 1.06. The van der Waals surface area contributed by atoms with Gasteiger partial charge in [0.15, 0.2) is 5.11 Å². The van der Waals surface area contributed by atoms with Crippen molar-refractivity contribution in [3.05, 3.63) is 0 Å². The second-order valence-corrected chi connectivity index (χ2v) is 4.34. The van der Waals surface area contributed by atoms with Crippen LogP contribution in [0.15, 0.2) is 0 Å². The van der Waals surface area contributed by atoms with Gasteiger partial charge in [0.25, 0.3) is 0 Å². The van der Waals surface area contributed by atoms with Crippen LogP contribution >= 0.6 is 24.0 Å². The highest BCUT2D eigenvalue weighted by atomic mass is 32.2. The SMILES string of the molecule is CSC1CCCN(C(N)=S)C1. The van der Waals surface area contributed by atoms with Crippen molar-refractivity contribution in [3.8, 4) is 0 Å². The number of hydrogen-bond acceptors (Lipinski definition) is 2. The van der Waals surface area contributed by atoms with Crippen molar-refractivity contribution >= 4 is 29.1 Å². The molecule has 64 valence electrons. The number of piperidine rings is 1. The fourth-order valence-electron chi connectivity index (χ4n) is 1.33. The summed E-state index contributed by atoms with van der Waals surface area (Å²) < 4.78 is 0. The minimum absolute atomic E-state index is 0.559. The summed E-state index contributed by atoms with van der Waals surface area (Å²) in [7, 11) is 0. The van der Waals surface area contributed by atoms with Crippen LogP contribution in [0.25, 0.3) is 0 Å². The fraction of sp³-hybridized carbons (Fsp3) is 0.857. The van der Waals surface area contributed by atoms with Gasteiger partial charge in [-0.15, -0.1) is 0 Å². The Balaban J connectivity index is 2.39. The van der Waals surface area contributed by atoms with Crippen LogP contribution in [-0.2, 0) is 0 Å². The van der Waals surface area contributed by atoms with Crippen LogP contribution in [0.1, 0.15) is 12.8 Å². The smallest absolute Gasteiger partial charge is 0.166 e. The molecule has 1 fully saturated rings. The minimum Gasteiger partial charge on any atom is -0.376 e. The van der Waals surface area contributed by atoms with E-state index < -0.39 is 0 Å². The normalized spacial score (nSPS) is 25.2. The average molecular weight is 190 g/mol. The summed E-state index contributed by atoms with van der Waals surface area (Å²) in [5.74, 6) is 0. The predicted molar refractivity (Wildman–Crippen MR) is 54.9 cm³/mol. The highest BCUT2D eigenvalue weighted by Gasteiger charge is 2.18. The van der Waals surface area contributed by atoms with Gasteiger partial charge in [0.2, 0.25) is 0 Å². The molecule has 0 aromatic rings. The first-order valence-corrected chi connectivity index (χ1v) is 5.51. The van der Waals surface area contributed by atoms with E-state index in [1.807, 2.05) is 11.8 Å². The summed E-state index contributed by atoms with van der Waals surface area (Å²) in [5, 5.41) is 1.29. The Hall–Kier alpha value is 0.0400. The number of nitrogens with zero attached hydrogens (tertiary/aromatic N) is 1. The Morgan fingerprint density at radius 2 is 2.45 bits per heavy atom. The summed E-state index contributed by atoms with van der Waals surface area (Å²) in [4.78, 5) is 2.10. The van der Waals surface area contributed by atoms with E-state index in [-0.39, 0.29) is 0 Å². The molecule has 1 heterocycles. The molecule has 2 N–H and O–H groups in total. The Labute approximate surface area is 77.5 Å². The summed E-state index contributed by atoms with van der Waals surface area (Å²) in [6.07, 6.45) is 4.68. The van der Waals surface area contributed by atoms with Gasteiger partial charge >= 0.3 is 0 Å². The van der Waals surface area contributed by atoms with Gasteiger partial charge in [-0.25, -0.2) is 0 Å². The molecule has 0 bridgehead atoms. The third-order valence-electron chi connectivity index (χ3n) is 2.02. The summed E-state index contributed by atoms with van der Waals surface area (Å²) in [5.41, 5.74) is 5.53. The van der Waals surface area contributed by atoms with E-state index in [4.69, 9.17) is 18.0 Å². The first kappa shape index (κ1) is 9.13. The standard InChI is InChI=1S/C7H14N2S2/c1-11-6-3-2-4-9(5-6)7(8)10/h6H,2-5H2,1H3,(H2,8,10). The van der Waals surface area contributed by atoms with Crippen LogP contribution in [0.4, 0.5) is 0 Å². The van der Waals surface area contributed by atoms with Gasteiger partial charge < -0.3 is 10.6 Å². The highest BCUT2D eigenvalue weighted by molar-refractivity contribution is 7.99. The fourth-order valence-corrected chi connectivity index (χ4v) is 2.23. The molecular formula is C7H14N2S2. The summed E-state index contributed by atoms with van der Waals surface area (Å²) in [6.45, 7) is 2.09. The molecule has 1 saturated heterocycles. The number of nitrogens with two attached hydrogens (primary N) is 1. The van der Waals surface area contributed by atoms with Gasteiger partial charge in [0, 0.05) is 18.3 Å². The lowest BCUT2D eigenvalue weighted by Crippen LogP contribution is -2.43. The molecule has 4 heteroatoms. The molecule has 0 aliphatic carbocycles. The molecule has 1 unspecified atom stereocenters. The molecule has 1 aliphatic rings. The van der Waals surface area contributed by atoms with Crippen LogP contribution in [0.5, 0.6) is 0 Å². The number of thiocarbonyl (C=S) groups is 1. The van der Waals surface area contributed by atoms with Crippen LogP contribution in [0.2, 0.25) is 0 Å². The molecule has 1 aliphatic heterocycles. The Kier molecular flexibility index (Phi) is 3.45. The van der Waals surface area contributed by atoms with E-state index in [1.54, 1.807) is 0 Å². The van der Waals surface area contributed by atoms with Gasteiger partial charge in [-0.2, -0.15) is 11.8 Å². The first-order valence-electron chi connectivity index (χ1n) is 3.81. The van der Waals surface area contributed by atoms with Gasteiger partial charge in [-0.3, -0.25) is 0 Å². The van der Waals surface area contributed by atoms with Crippen molar-refractivity contribution in [2.75, 3.05) is 19.3 Å². The van der Waals surface area contributed by atoms with Gasteiger partial charge in [0.1, 0.15) is 0 Å². The van der Waals surface area contributed by atoms with Gasteiger partial charge in [-0.05, 0) is 31.3 Å². The Bertz CT molecular complexity index is 149. The topological polar surface area (TPSA) is 29.3 Å². The number of rotatable bonds is 1. The molecule has 0 amide bonds. The van der Waals surface area contributed by atoms with E-state index in [9.17, 15) is 0 Å². The van der Waals surface area contributed by atoms with E-state index >= 15 is 0 Å². The van der Waals surface area contributed by atoms with Crippen molar-refractivity contribution in [1.82, 2.24) is 4.90 Å². The lowest BCUT2D eigenvalue weighted by atomic mass is 10.1. The molecule has 0 saturated carbocycles. The third kappa shape index (κ3) is 2.52. The zero-order valence-corrected chi connectivity index (χ0v) is 8.38. The van der Waals surface area contributed by atoms with E-state index in [0.717, 1.165) is 18.3 Å². The van der Waals surface area contributed by atoms with Crippen molar-refractivity contribution in [3.63, 3.8) is 0 Å².